The van der Waals surface area contributed by atoms with E-state index < -0.39 is 5.23 Å². The van der Waals surface area contributed by atoms with Gasteiger partial charge in [0.25, 0.3) is 0 Å². The Morgan fingerprint density at radius 1 is 1.44 bits per heavy atom. The summed E-state index contributed by atoms with van der Waals surface area (Å²) in [7, 11) is 1.88. The Morgan fingerprint density at radius 3 is 2.69 bits per heavy atom. The molecule has 0 atom stereocenters. The van der Waals surface area contributed by atoms with E-state index in [0.717, 1.165) is 0 Å². The maximum Gasteiger partial charge on any atom is 0.149 e. The van der Waals surface area contributed by atoms with Crippen LogP contribution in [0, 0.1) is 10.4 Å². The number of rotatable bonds is 6. The molecule has 1 rings (SSSR count). The minimum Gasteiger partial charge on any atom is -0.628 e. The molecule has 0 aliphatic carbocycles. The van der Waals surface area contributed by atoms with Crippen molar-refractivity contribution in [1.82, 2.24) is 4.98 Å². The topological polar surface area (TPSA) is 75.9 Å². The summed E-state index contributed by atoms with van der Waals surface area (Å²) in [5, 5.41) is 19.8. The third-order valence-corrected chi connectivity index (χ3v) is 2.15. The lowest BCUT2D eigenvalue weighted by molar-refractivity contribution is -0.715. The summed E-state index contributed by atoms with van der Waals surface area (Å²) < 4.78 is 5.21. The van der Waals surface area contributed by atoms with Gasteiger partial charge < -0.3 is 25.3 Å². The van der Waals surface area contributed by atoms with Gasteiger partial charge in [-0.15, -0.1) is 0 Å². The SMILES string of the molecule is CCOCCN(C)c1ccc([NH+]([O-])[O-])cn1. The number of hydrogen-bond acceptors (Lipinski definition) is 5. The summed E-state index contributed by atoms with van der Waals surface area (Å²) in [6, 6.07) is 3.13. The van der Waals surface area contributed by atoms with Crippen molar-refractivity contribution in [3.8, 4) is 0 Å². The van der Waals surface area contributed by atoms with Gasteiger partial charge in [0.1, 0.15) is 11.5 Å². The first-order valence-electron chi connectivity index (χ1n) is 5.11. The second kappa shape index (κ2) is 6.39. The molecule has 0 spiro atoms. The van der Waals surface area contributed by atoms with Gasteiger partial charge >= 0.3 is 0 Å². The van der Waals surface area contributed by atoms with E-state index in [2.05, 4.69) is 4.98 Å². The van der Waals surface area contributed by atoms with Crippen LogP contribution in [0.25, 0.3) is 0 Å². The summed E-state index contributed by atoms with van der Waals surface area (Å²) in [6.07, 6.45) is 1.29. The first kappa shape index (κ1) is 12.9. The highest BCUT2D eigenvalue weighted by Gasteiger charge is 2.03. The molecule has 0 fully saturated rings. The molecule has 0 radical (unpaired) electrons. The molecule has 90 valence electrons. The Labute approximate surface area is 94.6 Å². The van der Waals surface area contributed by atoms with E-state index in [4.69, 9.17) is 4.74 Å². The van der Waals surface area contributed by atoms with Crippen molar-refractivity contribution in [2.24, 2.45) is 0 Å². The van der Waals surface area contributed by atoms with Gasteiger partial charge in [-0.3, -0.25) is 0 Å². The number of anilines is 1. The molecule has 1 aromatic heterocycles. The Kier molecular flexibility index (Phi) is 5.13. The average molecular weight is 226 g/mol. The predicted octanol–water partition coefficient (Wildman–Crippen LogP) is 0.0663. The summed E-state index contributed by atoms with van der Waals surface area (Å²) >= 11 is 0. The fraction of sp³-hybridized carbons (Fsp3) is 0.500. The summed E-state index contributed by atoms with van der Waals surface area (Å²) in [6.45, 7) is 3.96. The average Bonchev–Trinajstić information content (AvgIpc) is 2.29. The van der Waals surface area contributed by atoms with Crippen LogP contribution in [0.15, 0.2) is 18.3 Å². The number of nitrogens with one attached hydrogen (secondary N) is 1. The van der Waals surface area contributed by atoms with Crippen LogP contribution in [-0.2, 0) is 4.74 Å². The van der Waals surface area contributed by atoms with E-state index in [0.29, 0.717) is 25.6 Å². The Hall–Kier alpha value is -1.21. The molecule has 6 nitrogen and oxygen atoms in total. The van der Waals surface area contributed by atoms with Crippen molar-refractivity contribution in [3.05, 3.63) is 28.7 Å². The quantitative estimate of drug-likeness (QED) is 0.548. The normalized spacial score (nSPS) is 10.8. The minimum absolute atomic E-state index is 0.0851. The molecule has 1 N–H and O–H groups in total. The van der Waals surface area contributed by atoms with Crippen LogP contribution >= 0.6 is 0 Å². The van der Waals surface area contributed by atoms with E-state index in [9.17, 15) is 10.4 Å². The first-order chi connectivity index (χ1) is 7.65. The highest BCUT2D eigenvalue weighted by molar-refractivity contribution is 5.41. The summed E-state index contributed by atoms with van der Waals surface area (Å²) in [4.78, 5) is 5.93. The van der Waals surface area contributed by atoms with Gasteiger partial charge in [-0.25, -0.2) is 4.98 Å². The predicted molar refractivity (Wildman–Crippen MR) is 61.4 cm³/mol. The van der Waals surface area contributed by atoms with Crippen LogP contribution in [0.5, 0.6) is 0 Å². The molecule has 1 heterocycles. The molecule has 0 unspecified atom stereocenters. The fourth-order valence-corrected chi connectivity index (χ4v) is 1.19. The largest absolute Gasteiger partial charge is 0.628 e. The van der Waals surface area contributed by atoms with E-state index in [1.807, 2.05) is 18.9 Å². The zero-order chi connectivity index (χ0) is 12.0. The number of aromatic nitrogens is 1. The molecule has 0 saturated carbocycles. The third-order valence-electron chi connectivity index (χ3n) is 2.15. The monoisotopic (exact) mass is 226 g/mol. The van der Waals surface area contributed by atoms with Gasteiger partial charge in [-0.1, -0.05) is 0 Å². The van der Waals surface area contributed by atoms with E-state index in [1.54, 1.807) is 6.07 Å². The van der Waals surface area contributed by atoms with Gasteiger partial charge in [0, 0.05) is 26.3 Å². The molecule has 16 heavy (non-hydrogen) atoms. The van der Waals surface area contributed by atoms with Crippen LogP contribution in [-0.4, -0.2) is 31.8 Å². The molecule has 0 aliphatic rings. The number of likely N-dealkylation sites (N-methyl/N-ethyl adjacent to an activating group) is 1. The molecule has 0 aromatic carbocycles. The first-order valence-corrected chi connectivity index (χ1v) is 5.11. The van der Waals surface area contributed by atoms with Crippen molar-refractivity contribution in [2.45, 2.75) is 6.92 Å². The fourth-order valence-electron chi connectivity index (χ4n) is 1.19. The maximum absolute atomic E-state index is 10.5. The van der Waals surface area contributed by atoms with Gasteiger partial charge in [0.15, 0.2) is 0 Å². The highest BCUT2D eigenvalue weighted by atomic mass is 16.8. The lowest BCUT2D eigenvalue weighted by atomic mass is 10.4. The second-order valence-electron chi connectivity index (χ2n) is 3.31. The number of hydrogen-bond donors (Lipinski definition) is 1. The molecule has 0 amide bonds. The Bertz CT molecular complexity index is 303. The van der Waals surface area contributed by atoms with Crippen LogP contribution < -0.4 is 10.1 Å². The Morgan fingerprint density at radius 2 is 2.19 bits per heavy atom. The molecule has 0 aliphatic heterocycles. The number of quaternary nitrogens is 1. The zero-order valence-electron chi connectivity index (χ0n) is 9.47. The Balaban J connectivity index is 2.52. The van der Waals surface area contributed by atoms with Gasteiger partial charge in [0.05, 0.1) is 12.8 Å². The molecule has 1 aromatic rings. The van der Waals surface area contributed by atoms with Crippen molar-refractivity contribution in [1.29, 1.82) is 0 Å². The van der Waals surface area contributed by atoms with Crippen LogP contribution in [0.1, 0.15) is 6.92 Å². The zero-order valence-corrected chi connectivity index (χ0v) is 9.47. The van der Waals surface area contributed by atoms with E-state index in [1.165, 1.54) is 12.3 Å². The number of nitrogens with zero attached hydrogens (tertiary/aromatic N) is 2. The number of ether oxygens (including phenoxy) is 1. The lowest BCUT2D eigenvalue weighted by Crippen LogP contribution is -2.96. The van der Waals surface area contributed by atoms with Crippen molar-refractivity contribution in [3.63, 3.8) is 0 Å². The van der Waals surface area contributed by atoms with Crippen LogP contribution in [0.2, 0.25) is 0 Å². The van der Waals surface area contributed by atoms with Gasteiger partial charge in [0.2, 0.25) is 0 Å². The highest BCUT2D eigenvalue weighted by Crippen LogP contribution is 2.09. The molecular formula is C10H16N3O3-. The maximum atomic E-state index is 10.5. The van der Waals surface area contributed by atoms with Gasteiger partial charge in [-0.05, 0) is 13.0 Å². The van der Waals surface area contributed by atoms with Gasteiger partial charge in [-0.2, -0.15) is 0 Å². The standard InChI is InChI=1S/C10H16N3O3/c1-3-16-7-6-12(2)10-5-4-9(8-11-10)13(14)15/h4-5,8,13H,3,6-7H2,1-2H3/q-1. The smallest absolute Gasteiger partial charge is 0.149 e. The summed E-state index contributed by atoms with van der Waals surface area (Å²) in [5.41, 5.74) is 0.0851. The van der Waals surface area contributed by atoms with Crippen molar-refractivity contribution in [2.75, 3.05) is 31.7 Å². The molecular weight excluding hydrogens is 210 g/mol. The summed E-state index contributed by atoms with van der Waals surface area (Å²) in [5.74, 6) is 0.713. The van der Waals surface area contributed by atoms with Crippen LogP contribution in [0.4, 0.5) is 11.5 Å². The van der Waals surface area contributed by atoms with Crippen LogP contribution in [0.3, 0.4) is 0 Å². The van der Waals surface area contributed by atoms with Crippen molar-refractivity contribution >= 4 is 11.5 Å². The molecule has 0 saturated heterocycles. The molecule has 0 bridgehead atoms. The minimum atomic E-state index is -1.21. The molecule has 6 heteroatoms. The van der Waals surface area contributed by atoms with Crippen molar-refractivity contribution < 1.29 is 9.96 Å². The van der Waals surface area contributed by atoms with E-state index in [-0.39, 0.29) is 5.69 Å². The lowest BCUT2D eigenvalue weighted by Gasteiger charge is -2.25. The van der Waals surface area contributed by atoms with E-state index >= 15 is 0 Å². The number of pyridine rings is 1. The third kappa shape index (κ3) is 3.74. The second-order valence-corrected chi connectivity index (χ2v) is 3.31.